The van der Waals surface area contributed by atoms with Crippen LogP contribution in [0.3, 0.4) is 0 Å². The molecule has 0 aliphatic carbocycles. The van der Waals surface area contributed by atoms with Crippen LogP contribution in [0.5, 0.6) is 0 Å². The maximum absolute atomic E-state index is 12.7. The molecule has 0 aromatic heterocycles. The average molecular weight is 941 g/mol. The van der Waals surface area contributed by atoms with Crippen molar-refractivity contribution in [3.8, 4) is 0 Å². The summed E-state index contributed by atoms with van der Waals surface area (Å²) in [4.78, 5) is 31.1. The average Bonchev–Trinajstić information content (AvgIpc) is 3.28. The van der Waals surface area contributed by atoms with Crippen molar-refractivity contribution in [3.63, 3.8) is 0 Å². The van der Waals surface area contributed by atoms with Crippen LogP contribution >= 0.6 is 7.82 Å². The zero-order valence-electron chi connectivity index (χ0n) is 43.7. The van der Waals surface area contributed by atoms with Crippen LogP contribution in [0, 0.1) is 0 Å². The van der Waals surface area contributed by atoms with Gasteiger partial charge in [0.15, 0.2) is 0 Å². The third-order valence-electron chi connectivity index (χ3n) is 13.7. The van der Waals surface area contributed by atoms with Crippen molar-refractivity contribution in [1.29, 1.82) is 0 Å². The highest BCUT2D eigenvalue weighted by atomic mass is 31.2. The summed E-state index contributed by atoms with van der Waals surface area (Å²) < 4.78 is 16.0. The number of phosphoric acid groups is 1. The van der Waals surface area contributed by atoms with Gasteiger partial charge in [-0.1, -0.05) is 315 Å². The van der Waals surface area contributed by atoms with Gasteiger partial charge in [0.1, 0.15) is 0 Å². The molecule has 0 unspecified atom stereocenters. The molecule has 0 saturated heterocycles. The number of nitrogens with one attached hydrogen (secondary N) is 1. The predicted molar refractivity (Wildman–Crippen MR) is 283 cm³/mol. The van der Waals surface area contributed by atoms with E-state index in [1.807, 2.05) is 6.08 Å². The van der Waals surface area contributed by atoms with Crippen LogP contribution in [0.1, 0.15) is 328 Å². The fourth-order valence-corrected chi connectivity index (χ4v) is 9.70. The van der Waals surface area contributed by atoms with Crippen molar-refractivity contribution >= 4 is 13.7 Å². The van der Waals surface area contributed by atoms with E-state index in [0.29, 0.717) is 6.42 Å². The highest BCUT2D eigenvalue weighted by molar-refractivity contribution is 7.46. The summed E-state index contributed by atoms with van der Waals surface area (Å²) in [6, 6.07) is -0.906. The normalized spacial score (nSPS) is 13.0. The second kappa shape index (κ2) is 52.6. The number of phosphoric ester groups is 1. The highest BCUT2D eigenvalue weighted by Crippen LogP contribution is 2.36. The second-order valence-corrected chi connectivity index (χ2v) is 21.6. The van der Waals surface area contributed by atoms with Crippen LogP contribution in [0.2, 0.25) is 0 Å². The quantitative estimate of drug-likeness (QED) is 0.0274. The molecule has 0 aliphatic heterocycles. The summed E-state index contributed by atoms with van der Waals surface area (Å²) in [5, 5.41) is 13.5. The Bertz CT molecular complexity index is 1020. The molecule has 7 nitrogen and oxygen atoms in total. The molecular weight excluding hydrogens is 826 g/mol. The molecule has 0 saturated carbocycles. The molecule has 1 amide bonds. The van der Waals surface area contributed by atoms with E-state index < -0.39 is 26.6 Å². The first kappa shape index (κ1) is 64.3. The largest absolute Gasteiger partial charge is 0.469 e. The fraction of sp³-hybridized carbons (Fsp3) is 0.947. The van der Waals surface area contributed by atoms with Gasteiger partial charge in [0.05, 0.1) is 18.8 Å². The van der Waals surface area contributed by atoms with E-state index in [4.69, 9.17) is 0 Å². The van der Waals surface area contributed by atoms with E-state index in [9.17, 15) is 24.3 Å². The number of rotatable bonds is 55. The van der Waals surface area contributed by atoms with Gasteiger partial charge >= 0.3 is 7.82 Å². The first-order valence-electron chi connectivity index (χ1n) is 29.1. The van der Waals surface area contributed by atoms with Crippen LogP contribution in [0.15, 0.2) is 12.2 Å². The molecule has 4 N–H and O–H groups in total. The maximum atomic E-state index is 12.7. The summed E-state index contributed by atoms with van der Waals surface area (Å²) in [7, 11) is -4.72. The Hall–Kier alpha value is -0.720. The molecule has 0 heterocycles. The number of unbranched alkanes of at least 4 members (excludes halogenated alkanes) is 46. The molecule has 8 heteroatoms. The van der Waals surface area contributed by atoms with Crippen molar-refractivity contribution in [1.82, 2.24) is 5.32 Å². The zero-order chi connectivity index (χ0) is 47.4. The van der Waals surface area contributed by atoms with Gasteiger partial charge in [0.25, 0.3) is 0 Å². The topological polar surface area (TPSA) is 116 Å². The summed E-state index contributed by atoms with van der Waals surface area (Å²) in [6.07, 6.45) is 67.3. The molecule has 65 heavy (non-hydrogen) atoms. The molecule has 0 bridgehead atoms. The van der Waals surface area contributed by atoms with Gasteiger partial charge in [-0.05, 0) is 19.3 Å². The van der Waals surface area contributed by atoms with Crippen molar-refractivity contribution in [2.75, 3.05) is 6.61 Å². The van der Waals surface area contributed by atoms with Gasteiger partial charge in [-0.15, -0.1) is 0 Å². The lowest BCUT2D eigenvalue weighted by Gasteiger charge is -2.22. The summed E-state index contributed by atoms with van der Waals surface area (Å²) in [5.41, 5.74) is 0. The minimum absolute atomic E-state index is 0.219. The zero-order valence-corrected chi connectivity index (χ0v) is 44.6. The first-order valence-corrected chi connectivity index (χ1v) is 30.7. The summed E-state index contributed by atoms with van der Waals surface area (Å²) in [6.45, 7) is 4.11. The lowest BCUT2D eigenvalue weighted by atomic mass is 10.0. The summed E-state index contributed by atoms with van der Waals surface area (Å²) in [5.74, 6) is -0.219. The Kier molecular flexibility index (Phi) is 52.1. The van der Waals surface area contributed by atoms with Crippen LogP contribution in [0.4, 0.5) is 0 Å². The monoisotopic (exact) mass is 940 g/mol. The van der Waals surface area contributed by atoms with Crippen molar-refractivity contribution in [2.45, 2.75) is 341 Å². The van der Waals surface area contributed by atoms with Gasteiger partial charge in [-0.3, -0.25) is 9.32 Å². The second-order valence-electron chi connectivity index (χ2n) is 20.3. The minimum atomic E-state index is -4.72. The van der Waals surface area contributed by atoms with Crippen molar-refractivity contribution < 1.29 is 28.8 Å². The third-order valence-corrected chi connectivity index (χ3v) is 14.2. The lowest BCUT2D eigenvalue weighted by molar-refractivity contribution is -0.123. The van der Waals surface area contributed by atoms with E-state index in [1.54, 1.807) is 6.08 Å². The molecule has 0 rings (SSSR count). The Morgan fingerprint density at radius 2 is 0.677 bits per heavy atom. The number of hydrogen-bond donors (Lipinski definition) is 4. The number of amides is 1. The number of hydrogen-bond acceptors (Lipinski definition) is 4. The van der Waals surface area contributed by atoms with Crippen LogP contribution in [-0.2, 0) is 13.9 Å². The highest BCUT2D eigenvalue weighted by Gasteiger charge is 2.24. The first-order chi connectivity index (χ1) is 31.8. The molecule has 0 radical (unpaired) electrons. The SMILES string of the molecule is CCCCCCCCCCCCCC/C=C/[C@@H](O)[C@H](COP(=O)(O)O)NC(=O)CCCCCCCCCCCCCCCCCCCCCCCCCCCCCCCCCCCCC. The van der Waals surface area contributed by atoms with E-state index in [1.165, 1.54) is 270 Å². The Balaban J connectivity index is 3.61. The number of carbonyl (C=O) groups excluding carboxylic acids is 1. The van der Waals surface area contributed by atoms with Gasteiger partial charge in [0, 0.05) is 6.42 Å². The van der Waals surface area contributed by atoms with Gasteiger partial charge < -0.3 is 20.2 Å². The van der Waals surface area contributed by atoms with E-state index in [0.717, 1.165) is 38.5 Å². The van der Waals surface area contributed by atoms with Gasteiger partial charge in [-0.2, -0.15) is 0 Å². The van der Waals surface area contributed by atoms with Crippen LogP contribution in [-0.4, -0.2) is 39.6 Å². The molecular formula is C57H114NO6P. The standard InChI is InChI=1S/C57H114NO6P/c1-3-5-7-9-11-13-15-17-19-20-21-22-23-24-25-26-27-28-29-30-31-32-33-34-35-36-37-38-39-41-43-45-47-49-51-53-57(60)58-55(54-64-65(61,62)63)56(59)52-50-48-46-44-42-40-18-16-14-12-10-8-6-4-2/h50,52,55-56,59H,3-49,51,53-54H2,1-2H3,(H,58,60)(H2,61,62,63)/b52-50+/t55-,56+/m0/s1. The van der Waals surface area contributed by atoms with Crippen LogP contribution in [0.25, 0.3) is 0 Å². The number of aliphatic hydroxyl groups excluding tert-OH is 1. The van der Waals surface area contributed by atoms with Crippen molar-refractivity contribution in [2.24, 2.45) is 0 Å². The smallest absolute Gasteiger partial charge is 0.387 e. The molecule has 0 aliphatic rings. The van der Waals surface area contributed by atoms with E-state index >= 15 is 0 Å². The van der Waals surface area contributed by atoms with Crippen LogP contribution < -0.4 is 5.32 Å². The third kappa shape index (κ3) is 54.1. The molecule has 0 fully saturated rings. The predicted octanol–water partition coefficient (Wildman–Crippen LogP) is 18.7. The maximum Gasteiger partial charge on any atom is 0.469 e. The minimum Gasteiger partial charge on any atom is -0.387 e. The molecule has 0 aromatic rings. The Morgan fingerprint density at radius 1 is 0.431 bits per heavy atom. The van der Waals surface area contributed by atoms with E-state index in [2.05, 4.69) is 23.7 Å². The Labute approximate surface area is 405 Å². The number of carbonyl (C=O) groups is 1. The molecule has 0 aromatic carbocycles. The van der Waals surface area contributed by atoms with Gasteiger partial charge in [0.2, 0.25) is 5.91 Å². The fourth-order valence-electron chi connectivity index (χ4n) is 9.35. The summed E-state index contributed by atoms with van der Waals surface area (Å²) >= 11 is 0. The Morgan fingerprint density at radius 3 is 0.938 bits per heavy atom. The molecule has 388 valence electrons. The molecule has 0 spiro atoms. The number of allylic oxidation sites excluding steroid dienone is 1. The van der Waals surface area contributed by atoms with E-state index in [-0.39, 0.29) is 5.91 Å². The molecule has 2 atom stereocenters. The van der Waals surface area contributed by atoms with Gasteiger partial charge in [-0.25, -0.2) is 4.57 Å². The van der Waals surface area contributed by atoms with Crippen molar-refractivity contribution in [3.05, 3.63) is 12.2 Å². The lowest BCUT2D eigenvalue weighted by Crippen LogP contribution is -2.45. The number of aliphatic hydroxyl groups is 1.